The van der Waals surface area contributed by atoms with Crippen LogP contribution in [-0.2, 0) is 70.4 Å². The van der Waals surface area contributed by atoms with Gasteiger partial charge in [0, 0.05) is 44.0 Å². The van der Waals surface area contributed by atoms with Crippen molar-refractivity contribution in [3.63, 3.8) is 0 Å². The SMILES string of the molecule is CC(C)C[C@H](NC(=O)[C@@H]1CCCN1C(=O)[C@H](CCC(N)=O)NC(=O)[C@H](Cc1ccccc1)NC(=O)c1ccccc1N)C(=O)N[C@@H](CC(=O)O)C(=O)N[C@@H](CCC(=O)O)C(=O)N[C@@H](Cc1ccc(O)c([N+](=O)[O-])c1)C(=O)N[C@@H](CC(=O)O)C(=O)O. The molecule has 31 heteroatoms. The number of para-hydroxylation sites is 1. The highest BCUT2D eigenvalue weighted by Crippen LogP contribution is 2.27. The summed E-state index contributed by atoms with van der Waals surface area (Å²) in [6.45, 7) is 3.22. The fourth-order valence-electron chi connectivity index (χ4n) is 8.96. The summed E-state index contributed by atoms with van der Waals surface area (Å²) in [4.78, 5) is 183. The zero-order chi connectivity index (χ0) is 63.2. The molecule has 3 aromatic rings. The third kappa shape index (κ3) is 21.2. The van der Waals surface area contributed by atoms with Crippen molar-refractivity contribution in [2.45, 2.75) is 133 Å². The van der Waals surface area contributed by atoms with Crippen molar-refractivity contribution in [1.82, 2.24) is 42.1 Å². The van der Waals surface area contributed by atoms with Gasteiger partial charge in [-0.25, -0.2) is 4.79 Å². The first-order chi connectivity index (χ1) is 40.0. The quantitative estimate of drug-likeness (QED) is 0.0189. The van der Waals surface area contributed by atoms with Crippen LogP contribution < -0.4 is 48.7 Å². The number of phenols is 1. The zero-order valence-electron chi connectivity index (χ0n) is 46.0. The molecule has 0 radical (unpaired) electrons. The fraction of sp³-hybridized carbons (Fsp3) is 0.426. The monoisotopic (exact) mass is 1190 g/mol. The van der Waals surface area contributed by atoms with Crippen LogP contribution in [0.2, 0.25) is 0 Å². The van der Waals surface area contributed by atoms with Gasteiger partial charge in [0.1, 0.15) is 48.3 Å². The average molecular weight is 1190 g/mol. The molecule has 0 spiro atoms. The standard InChI is InChI=1S/C54H67N11O20/c1-27(2)21-34(62-52(80)39-13-8-20-64(39)53(81)33(15-18-42(56)67)58-49(77)35(22-28-9-4-3-5-10-28)59-46(74)30-11-6-7-12-31(30)55)48(76)61-37(25-44(70)71)51(79)57-32(16-19-43(68)69)47(75)60-36(50(78)63-38(54(82)83)26-45(72)73)23-29-14-17-41(66)40(24-29)65(84)85/h3-7,9-12,14,17,24,27,32-39,66H,8,13,15-16,18-23,25-26,55H2,1-2H3,(H2,56,67)(H,57,79)(H,58,77)(H,59,74)(H,60,75)(H,61,76)(H,62,80)(H,63,78)(H,68,69)(H,70,71)(H,72,73)(H,82,83)/t32-,33-,34-,35-,36-,37-,38-,39-/m0/s1. The number of carbonyl (C=O) groups excluding carboxylic acids is 9. The minimum atomic E-state index is -2.11. The van der Waals surface area contributed by atoms with E-state index in [-0.39, 0.29) is 55.5 Å². The molecule has 0 aliphatic carbocycles. The molecule has 85 heavy (non-hydrogen) atoms. The Morgan fingerprint density at radius 3 is 1.72 bits per heavy atom. The third-order valence-electron chi connectivity index (χ3n) is 13.2. The number of likely N-dealkylation sites (tertiary alicyclic amines) is 1. The number of amides is 9. The summed E-state index contributed by atoms with van der Waals surface area (Å²) in [6.07, 6.45) is -5.54. The molecule has 4 rings (SSSR count). The summed E-state index contributed by atoms with van der Waals surface area (Å²) >= 11 is 0. The van der Waals surface area contributed by atoms with Crippen LogP contribution in [0.5, 0.6) is 5.75 Å². The number of rotatable bonds is 33. The Labute approximate surface area is 484 Å². The summed E-state index contributed by atoms with van der Waals surface area (Å²) in [5.74, 6) is -17.5. The van der Waals surface area contributed by atoms with Crippen LogP contribution in [-0.4, -0.2) is 167 Å². The number of carboxylic acid groups (broad SMARTS) is 4. The summed E-state index contributed by atoms with van der Waals surface area (Å²) in [5, 5.41) is 76.1. The van der Waals surface area contributed by atoms with Crippen molar-refractivity contribution in [3.05, 3.63) is 99.6 Å². The number of aromatic hydroxyl groups is 1. The van der Waals surface area contributed by atoms with Crippen molar-refractivity contribution >= 4 is 88.4 Å². The molecule has 1 fully saturated rings. The number of aliphatic carboxylic acids is 4. The van der Waals surface area contributed by atoms with E-state index in [1.165, 1.54) is 12.1 Å². The van der Waals surface area contributed by atoms with E-state index < -0.39 is 186 Å². The Kier molecular flexibility index (Phi) is 25.2. The predicted octanol–water partition coefficient (Wildman–Crippen LogP) is -1.42. The second-order valence-electron chi connectivity index (χ2n) is 20.2. The average Bonchev–Trinajstić information content (AvgIpc) is 4.09. The molecule has 9 amide bonds. The lowest BCUT2D eigenvalue weighted by molar-refractivity contribution is -0.385. The van der Waals surface area contributed by atoms with E-state index in [1.54, 1.807) is 56.3 Å². The van der Waals surface area contributed by atoms with E-state index in [1.807, 2.05) is 5.32 Å². The van der Waals surface area contributed by atoms with E-state index in [0.717, 1.165) is 23.1 Å². The molecule has 0 aromatic heterocycles. The van der Waals surface area contributed by atoms with Gasteiger partial charge < -0.3 is 79.1 Å². The van der Waals surface area contributed by atoms with Crippen LogP contribution in [0.25, 0.3) is 0 Å². The Morgan fingerprint density at radius 1 is 0.612 bits per heavy atom. The number of primary amides is 1. The van der Waals surface area contributed by atoms with Gasteiger partial charge in [-0.15, -0.1) is 0 Å². The number of nitro benzene ring substituents is 1. The molecule has 0 bridgehead atoms. The summed E-state index contributed by atoms with van der Waals surface area (Å²) in [5.41, 5.74) is 11.3. The lowest BCUT2D eigenvalue weighted by Gasteiger charge is -2.31. The normalized spacial score (nSPS) is 15.2. The third-order valence-corrected chi connectivity index (χ3v) is 13.2. The maximum Gasteiger partial charge on any atom is 0.326 e. The molecule has 8 atom stereocenters. The van der Waals surface area contributed by atoms with Crippen molar-refractivity contribution in [2.75, 3.05) is 12.3 Å². The fourth-order valence-corrected chi connectivity index (χ4v) is 8.96. The van der Waals surface area contributed by atoms with Gasteiger partial charge in [-0.2, -0.15) is 0 Å². The van der Waals surface area contributed by atoms with Crippen molar-refractivity contribution in [2.24, 2.45) is 11.7 Å². The first kappa shape index (κ1) is 67.3. The first-order valence-electron chi connectivity index (χ1n) is 26.5. The molecule has 1 saturated heterocycles. The Bertz CT molecular complexity index is 3010. The number of nitrogen functional groups attached to an aromatic ring is 1. The molecule has 31 nitrogen and oxygen atoms in total. The topological polar surface area (TPSA) is 506 Å². The van der Waals surface area contributed by atoms with Crippen LogP contribution in [0.4, 0.5) is 11.4 Å². The van der Waals surface area contributed by atoms with E-state index in [2.05, 4.69) is 31.9 Å². The second-order valence-corrected chi connectivity index (χ2v) is 20.2. The lowest BCUT2D eigenvalue weighted by Crippen LogP contribution is -2.60. The smallest absolute Gasteiger partial charge is 0.326 e. The number of benzene rings is 3. The minimum absolute atomic E-state index is 0.0129. The highest BCUT2D eigenvalue weighted by Gasteiger charge is 2.41. The number of nitrogens with one attached hydrogen (secondary N) is 7. The van der Waals surface area contributed by atoms with Crippen molar-refractivity contribution < 1.29 is 92.8 Å². The number of nitrogens with zero attached hydrogens (tertiary/aromatic N) is 2. The van der Waals surface area contributed by atoms with Crippen LogP contribution in [0.3, 0.4) is 0 Å². The largest absolute Gasteiger partial charge is 0.502 e. The number of hydrogen-bond donors (Lipinski definition) is 14. The van der Waals surface area contributed by atoms with E-state index in [9.17, 15) is 98.0 Å². The van der Waals surface area contributed by atoms with Crippen molar-refractivity contribution in [1.29, 1.82) is 0 Å². The van der Waals surface area contributed by atoms with E-state index in [0.29, 0.717) is 5.56 Å². The Balaban J connectivity index is 1.59. The van der Waals surface area contributed by atoms with Gasteiger partial charge in [0.25, 0.3) is 5.91 Å². The molecule has 3 aromatic carbocycles. The van der Waals surface area contributed by atoms with Gasteiger partial charge in [-0.05, 0) is 67.3 Å². The van der Waals surface area contributed by atoms with Gasteiger partial charge in [-0.1, -0.05) is 62.4 Å². The molecule has 0 unspecified atom stereocenters. The number of phenolic OH excluding ortho intramolecular Hbond substituents is 1. The van der Waals surface area contributed by atoms with Crippen LogP contribution in [0.15, 0.2) is 72.8 Å². The van der Waals surface area contributed by atoms with Gasteiger partial charge in [-0.3, -0.25) is 67.6 Å². The first-order valence-corrected chi connectivity index (χ1v) is 26.5. The van der Waals surface area contributed by atoms with E-state index >= 15 is 0 Å². The highest BCUT2D eigenvalue weighted by atomic mass is 16.6. The molecule has 1 aliphatic rings. The van der Waals surface area contributed by atoms with Crippen LogP contribution >= 0.6 is 0 Å². The number of nitrogens with two attached hydrogens (primary N) is 2. The molecule has 458 valence electrons. The summed E-state index contributed by atoms with van der Waals surface area (Å²) in [7, 11) is 0. The maximum atomic E-state index is 14.5. The zero-order valence-corrected chi connectivity index (χ0v) is 46.0. The van der Waals surface area contributed by atoms with Gasteiger partial charge >= 0.3 is 29.6 Å². The number of carbonyl (C=O) groups is 13. The Hall–Kier alpha value is -10.2. The number of carboxylic acids is 4. The van der Waals surface area contributed by atoms with Gasteiger partial charge in [0.05, 0.1) is 23.3 Å². The summed E-state index contributed by atoms with van der Waals surface area (Å²) < 4.78 is 0. The van der Waals surface area contributed by atoms with Crippen LogP contribution in [0.1, 0.15) is 93.1 Å². The molecule has 16 N–H and O–H groups in total. The molecule has 0 saturated carbocycles. The van der Waals surface area contributed by atoms with Gasteiger partial charge in [0.15, 0.2) is 5.75 Å². The maximum absolute atomic E-state index is 14.5. The van der Waals surface area contributed by atoms with E-state index in [4.69, 9.17) is 11.5 Å². The molecule has 1 aliphatic heterocycles. The Morgan fingerprint density at radius 2 is 1.13 bits per heavy atom. The second kappa shape index (κ2) is 31.8. The number of anilines is 1. The molecular formula is C54H67N11O20. The molecular weight excluding hydrogens is 1120 g/mol. The number of nitro groups is 1. The highest BCUT2D eigenvalue weighted by molar-refractivity contribution is 6.03. The minimum Gasteiger partial charge on any atom is -0.502 e. The van der Waals surface area contributed by atoms with Crippen molar-refractivity contribution in [3.8, 4) is 5.75 Å². The van der Waals surface area contributed by atoms with Crippen LogP contribution in [0, 0.1) is 16.0 Å². The number of hydrogen-bond acceptors (Lipinski definition) is 17. The predicted molar refractivity (Wildman–Crippen MR) is 294 cm³/mol. The lowest BCUT2D eigenvalue weighted by atomic mass is 10.0. The summed E-state index contributed by atoms with van der Waals surface area (Å²) in [6, 6.07) is 3.47. The van der Waals surface area contributed by atoms with Gasteiger partial charge in [0.2, 0.25) is 47.3 Å². The molecule has 1 heterocycles.